The van der Waals surface area contributed by atoms with Gasteiger partial charge in [0.15, 0.2) is 0 Å². The van der Waals surface area contributed by atoms with E-state index < -0.39 is 10.0 Å². The fourth-order valence-electron chi connectivity index (χ4n) is 1.35. The Bertz CT molecular complexity index is 609. The van der Waals surface area contributed by atoms with E-state index in [4.69, 9.17) is 5.11 Å². The number of aliphatic hydroxyl groups excluding tert-OH is 1. The first-order chi connectivity index (χ1) is 8.62. The summed E-state index contributed by atoms with van der Waals surface area (Å²) < 4.78 is 27.7. The van der Waals surface area contributed by atoms with Gasteiger partial charge >= 0.3 is 0 Å². The van der Waals surface area contributed by atoms with Crippen molar-refractivity contribution < 1.29 is 13.5 Å². The van der Waals surface area contributed by atoms with E-state index in [0.717, 1.165) is 0 Å². The molecule has 0 saturated carbocycles. The maximum atomic E-state index is 12.0. The van der Waals surface area contributed by atoms with Crippen LogP contribution >= 0.6 is 0 Å². The van der Waals surface area contributed by atoms with Gasteiger partial charge in [-0.25, -0.2) is 8.42 Å². The number of aliphatic hydroxyl groups is 1. The van der Waals surface area contributed by atoms with Gasteiger partial charge in [0, 0.05) is 12.4 Å². The minimum atomic E-state index is -3.67. The van der Waals surface area contributed by atoms with Gasteiger partial charge < -0.3 is 5.11 Å². The molecule has 0 amide bonds. The van der Waals surface area contributed by atoms with E-state index in [9.17, 15) is 8.42 Å². The molecule has 0 unspecified atom stereocenters. The maximum absolute atomic E-state index is 12.0. The standard InChI is InChI=1S/C10H12N4O3S/c15-5-4-14-8-10(7-12-14)18(16,17)13-9-2-1-3-11-6-9/h1-3,6-8,13,15H,4-5H2. The molecular weight excluding hydrogens is 256 g/mol. The van der Waals surface area contributed by atoms with Gasteiger partial charge in [-0.1, -0.05) is 0 Å². The monoisotopic (exact) mass is 268 g/mol. The highest BCUT2D eigenvalue weighted by Crippen LogP contribution is 2.13. The van der Waals surface area contributed by atoms with Gasteiger partial charge in [0.2, 0.25) is 0 Å². The van der Waals surface area contributed by atoms with E-state index >= 15 is 0 Å². The smallest absolute Gasteiger partial charge is 0.265 e. The molecule has 8 heteroatoms. The second kappa shape index (κ2) is 5.15. The van der Waals surface area contributed by atoms with Crippen LogP contribution in [0.1, 0.15) is 0 Å². The van der Waals surface area contributed by atoms with E-state index in [0.29, 0.717) is 5.69 Å². The number of rotatable bonds is 5. The van der Waals surface area contributed by atoms with Crippen molar-refractivity contribution >= 4 is 15.7 Å². The van der Waals surface area contributed by atoms with E-state index in [1.54, 1.807) is 18.3 Å². The average Bonchev–Trinajstić information content (AvgIpc) is 2.80. The molecule has 0 aliphatic heterocycles. The van der Waals surface area contributed by atoms with Crippen LogP contribution < -0.4 is 4.72 Å². The van der Waals surface area contributed by atoms with Gasteiger partial charge in [-0.15, -0.1) is 0 Å². The van der Waals surface area contributed by atoms with E-state index in [1.807, 2.05) is 0 Å². The van der Waals surface area contributed by atoms with Gasteiger partial charge in [0.1, 0.15) is 4.90 Å². The van der Waals surface area contributed by atoms with Crippen molar-refractivity contribution in [2.45, 2.75) is 11.4 Å². The normalized spacial score (nSPS) is 11.4. The Hall–Kier alpha value is -1.93. The summed E-state index contributed by atoms with van der Waals surface area (Å²) in [6.07, 6.45) is 5.55. The van der Waals surface area contributed by atoms with Crippen LogP contribution in [-0.4, -0.2) is 34.9 Å². The van der Waals surface area contributed by atoms with Crippen LogP contribution in [0.25, 0.3) is 0 Å². The first-order valence-electron chi connectivity index (χ1n) is 5.18. The molecule has 0 aliphatic rings. The Labute approximate surface area is 104 Å². The highest BCUT2D eigenvalue weighted by Gasteiger charge is 2.16. The van der Waals surface area contributed by atoms with Crippen LogP contribution in [0.3, 0.4) is 0 Å². The molecule has 18 heavy (non-hydrogen) atoms. The first kappa shape index (κ1) is 12.5. The molecular formula is C10H12N4O3S. The minimum absolute atomic E-state index is 0.0415. The summed E-state index contributed by atoms with van der Waals surface area (Å²) in [6, 6.07) is 3.23. The lowest BCUT2D eigenvalue weighted by molar-refractivity contribution is 0.269. The van der Waals surface area contributed by atoms with E-state index in [1.165, 1.54) is 23.3 Å². The molecule has 0 saturated heterocycles. The fourth-order valence-corrected chi connectivity index (χ4v) is 2.34. The molecule has 2 aromatic heterocycles. The summed E-state index contributed by atoms with van der Waals surface area (Å²) >= 11 is 0. The lowest BCUT2D eigenvalue weighted by Crippen LogP contribution is -2.12. The molecule has 2 N–H and O–H groups in total. The average molecular weight is 268 g/mol. The molecule has 0 bridgehead atoms. The molecule has 2 rings (SSSR count). The second-order valence-corrected chi connectivity index (χ2v) is 5.19. The predicted octanol–water partition coefficient (Wildman–Crippen LogP) is 0.0712. The third kappa shape index (κ3) is 2.84. The van der Waals surface area contributed by atoms with Crippen molar-refractivity contribution in [3.8, 4) is 0 Å². The summed E-state index contributed by atoms with van der Waals surface area (Å²) in [6.45, 7) is 0.152. The quantitative estimate of drug-likeness (QED) is 0.800. The van der Waals surface area contributed by atoms with Gasteiger partial charge in [0.25, 0.3) is 10.0 Å². The maximum Gasteiger partial charge on any atom is 0.265 e. The Kier molecular flexibility index (Phi) is 3.58. The Morgan fingerprint density at radius 2 is 2.22 bits per heavy atom. The molecule has 0 atom stereocenters. The van der Waals surface area contributed by atoms with Crippen molar-refractivity contribution in [3.05, 3.63) is 36.9 Å². The van der Waals surface area contributed by atoms with E-state index in [-0.39, 0.29) is 18.0 Å². The number of sulfonamides is 1. The number of pyridine rings is 1. The van der Waals surface area contributed by atoms with Crippen molar-refractivity contribution in [1.82, 2.24) is 14.8 Å². The number of anilines is 1. The van der Waals surface area contributed by atoms with Crippen LogP contribution in [0.15, 0.2) is 41.8 Å². The van der Waals surface area contributed by atoms with Gasteiger partial charge in [-0.05, 0) is 12.1 Å². The lowest BCUT2D eigenvalue weighted by Gasteiger charge is -2.04. The molecule has 96 valence electrons. The zero-order chi connectivity index (χ0) is 13.0. The Morgan fingerprint density at radius 1 is 1.39 bits per heavy atom. The van der Waals surface area contributed by atoms with Crippen LogP contribution in [0, 0.1) is 0 Å². The molecule has 0 radical (unpaired) electrons. The number of hydrogen-bond donors (Lipinski definition) is 2. The first-order valence-corrected chi connectivity index (χ1v) is 6.66. The van der Waals surface area contributed by atoms with Crippen LogP contribution in [-0.2, 0) is 16.6 Å². The summed E-state index contributed by atoms with van der Waals surface area (Å²) in [7, 11) is -3.67. The zero-order valence-electron chi connectivity index (χ0n) is 9.39. The molecule has 2 aromatic rings. The highest BCUT2D eigenvalue weighted by atomic mass is 32.2. The molecule has 0 fully saturated rings. The largest absolute Gasteiger partial charge is 0.394 e. The third-order valence-electron chi connectivity index (χ3n) is 2.16. The van der Waals surface area contributed by atoms with Crippen LogP contribution in [0.2, 0.25) is 0 Å². The molecule has 0 spiro atoms. The molecule has 7 nitrogen and oxygen atoms in total. The molecule has 0 aliphatic carbocycles. The SMILES string of the molecule is O=S(=O)(Nc1cccnc1)c1cnn(CCO)c1. The number of nitrogens with one attached hydrogen (secondary N) is 1. The molecule has 0 aromatic carbocycles. The van der Waals surface area contributed by atoms with Crippen LogP contribution in [0.5, 0.6) is 0 Å². The zero-order valence-corrected chi connectivity index (χ0v) is 10.2. The number of nitrogens with zero attached hydrogens (tertiary/aromatic N) is 3. The van der Waals surface area contributed by atoms with Crippen molar-refractivity contribution in [1.29, 1.82) is 0 Å². The highest BCUT2D eigenvalue weighted by molar-refractivity contribution is 7.92. The van der Waals surface area contributed by atoms with Crippen molar-refractivity contribution in [2.24, 2.45) is 0 Å². The Morgan fingerprint density at radius 3 is 2.89 bits per heavy atom. The van der Waals surface area contributed by atoms with Gasteiger partial charge in [0.05, 0.1) is 31.2 Å². The lowest BCUT2D eigenvalue weighted by atomic mass is 10.4. The summed E-state index contributed by atoms with van der Waals surface area (Å²) in [4.78, 5) is 3.86. The van der Waals surface area contributed by atoms with Gasteiger partial charge in [-0.2, -0.15) is 5.10 Å². The van der Waals surface area contributed by atoms with Gasteiger partial charge in [-0.3, -0.25) is 14.4 Å². The van der Waals surface area contributed by atoms with E-state index in [2.05, 4.69) is 14.8 Å². The minimum Gasteiger partial charge on any atom is -0.394 e. The fraction of sp³-hybridized carbons (Fsp3) is 0.200. The number of hydrogen-bond acceptors (Lipinski definition) is 5. The third-order valence-corrected chi connectivity index (χ3v) is 3.50. The Balaban J connectivity index is 2.20. The second-order valence-electron chi connectivity index (χ2n) is 3.51. The summed E-state index contributed by atoms with van der Waals surface area (Å²) in [5.74, 6) is 0. The molecule has 2 heterocycles. The summed E-state index contributed by atoms with van der Waals surface area (Å²) in [5.41, 5.74) is 0.382. The van der Waals surface area contributed by atoms with Crippen molar-refractivity contribution in [3.63, 3.8) is 0 Å². The van der Waals surface area contributed by atoms with Crippen molar-refractivity contribution in [2.75, 3.05) is 11.3 Å². The summed E-state index contributed by atoms with van der Waals surface area (Å²) in [5, 5.41) is 12.6. The number of aromatic nitrogens is 3. The van der Waals surface area contributed by atoms with Crippen LogP contribution in [0.4, 0.5) is 5.69 Å². The topological polar surface area (TPSA) is 97.1 Å². The predicted molar refractivity (Wildman–Crippen MR) is 64.4 cm³/mol.